The Balaban J connectivity index is 1.80. The topological polar surface area (TPSA) is 49.9 Å². The maximum Gasteiger partial charge on any atom is 0.410 e. The molecular formula is C15H26N2O3. The molecule has 0 unspecified atom stereocenters. The van der Waals surface area contributed by atoms with Gasteiger partial charge in [-0.2, -0.15) is 0 Å². The second-order valence-electron chi connectivity index (χ2n) is 6.77. The van der Waals surface area contributed by atoms with Gasteiger partial charge in [-0.05, 0) is 46.5 Å². The Kier molecular flexibility index (Phi) is 4.55. The van der Waals surface area contributed by atoms with Crippen molar-refractivity contribution in [3.05, 3.63) is 0 Å². The fourth-order valence-corrected chi connectivity index (χ4v) is 2.83. The quantitative estimate of drug-likeness (QED) is 0.741. The summed E-state index contributed by atoms with van der Waals surface area (Å²) in [6.45, 7) is 8.67. The predicted octanol–water partition coefficient (Wildman–Crippen LogP) is 2.26. The highest BCUT2D eigenvalue weighted by molar-refractivity contribution is 5.79. The Hall–Kier alpha value is -1.26. The molecule has 2 rings (SSSR count). The van der Waals surface area contributed by atoms with Crippen molar-refractivity contribution in [3.8, 4) is 0 Å². The Morgan fingerprint density at radius 1 is 0.950 bits per heavy atom. The summed E-state index contributed by atoms with van der Waals surface area (Å²) in [7, 11) is 0. The molecular weight excluding hydrogens is 256 g/mol. The van der Waals surface area contributed by atoms with Crippen LogP contribution in [0.3, 0.4) is 0 Å². The molecule has 0 saturated carbocycles. The molecule has 2 saturated heterocycles. The van der Waals surface area contributed by atoms with Gasteiger partial charge in [-0.25, -0.2) is 4.79 Å². The normalized spacial score (nSPS) is 21.1. The Morgan fingerprint density at radius 3 is 2.00 bits per heavy atom. The van der Waals surface area contributed by atoms with Crippen molar-refractivity contribution in [1.82, 2.24) is 9.80 Å². The van der Waals surface area contributed by atoms with Crippen molar-refractivity contribution >= 4 is 12.0 Å². The van der Waals surface area contributed by atoms with Crippen LogP contribution in [-0.2, 0) is 9.53 Å². The second-order valence-corrected chi connectivity index (χ2v) is 6.77. The highest BCUT2D eigenvalue weighted by Crippen LogP contribution is 2.23. The molecule has 0 spiro atoms. The van der Waals surface area contributed by atoms with E-state index in [2.05, 4.69) is 0 Å². The Morgan fingerprint density at radius 2 is 1.50 bits per heavy atom. The van der Waals surface area contributed by atoms with Crippen molar-refractivity contribution in [3.63, 3.8) is 0 Å². The molecule has 2 fully saturated rings. The monoisotopic (exact) mass is 282 g/mol. The van der Waals surface area contributed by atoms with Crippen molar-refractivity contribution in [2.45, 2.75) is 52.1 Å². The van der Waals surface area contributed by atoms with Gasteiger partial charge in [0.2, 0.25) is 5.91 Å². The predicted molar refractivity (Wildman–Crippen MR) is 76.3 cm³/mol. The van der Waals surface area contributed by atoms with E-state index in [0.717, 1.165) is 38.8 Å². The van der Waals surface area contributed by atoms with Gasteiger partial charge < -0.3 is 14.5 Å². The number of piperidine rings is 1. The highest BCUT2D eigenvalue weighted by Gasteiger charge is 2.32. The number of carbonyl (C=O) groups is 2. The molecule has 5 nitrogen and oxygen atoms in total. The third kappa shape index (κ3) is 3.87. The van der Waals surface area contributed by atoms with Crippen molar-refractivity contribution in [2.24, 2.45) is 5.92 Å². The summed E-state index contributed by atoms with van der Waals surface area (Å²) in [5, 5.41) is 0. The molecule has 0 atom stereocenters. The van der Waals surface area contributed by atoms with Crippen LogP contribution in [0.2, 0.25) is 0 Å². The molecule has 5 heteroatoms. The molecule has 0 N–H and O–H groups in total. The molecule has 0 aliphatic carbocycles. The van der Waals surface area contributed by atoms with Crippen LogP contribution in [0.1, 0.15) is 46.5 Å². The van der Waals surface area contributed by atoms with Crippen LogP contribution in [0.25, 0.3) is 0 Å². The molecule has 0 aromatic heterocycles. The van der Waals surface area contributed by atoms with Crippen LogP contribution in [0, 0.1) is 5.92 Å². The van der Waals surface area contributed by atoms with E-state index in [4.69, 9.17) is 4.74 Å². The zero-order valence-corrected chi connectivity index (χ0v) is 12.9. The molecule has 114 valence electrons. The summed E-state index contributed by atoms with van der Waals surface area (Å²) in [5.41, 5.74) is -0.459. The third-order valence-electron chi connectivity index (χ3n) is 3.91. The van der Waals surface area contributed by atoms with Crippen molar-refractivity contribution < 1.29 is 14.3 Å². The smallest absolute Gasteiger partial charge is 0.410 e. The lowest BCUT2D eigenvalue weighted by Gasteiger charge is -2.34. The maximum absolute atomic E-state index is 12.3. The molecule has 0 aromatic rings. The number of hydrogen-bond acceptors (Lipinski definition) is 3. The van der Waals surface area contributed by atoms with Gasteiger partial charge in [-0.15, -0.1) is 0 Å². The molecule has 2 aliphatic heterocycles. The minimum atomic E-state index is -0.459. The van der Waals surface area contributed by atoms with E-state index in [0.29, 0.717) is 13.1 Å². The van der Waals surface area contributed by atoms with Gasteiger partial charge in [0.05, 0.1) is 0 Å². The first-order valence-corrected chi connectivity index (χ1v) is 7.63. The standard InChI is InChI=1S/C15H26N2O3/c1-15(2,3)20-14(19)17-10-6-12(7-11-17)13(18)16-8-4-5-9-16/h12H,4-11H2,1-3H3. The highest BCUT2D eigenvalue weighted by atomic mass is 16.6. The number of likely N-dealkylation sites (tertiary alicyclic amines) is 2. The van der Waals surface area contributed by atoms with E-state index in [1.807, 2.05) is 25.7 Å². The van der Waals surface area contributed by atoms with E-state index in [1.54, 1.807) is 4.90 Å². The summed E-state index contributed by atoms with van der Waals surface area (Å²) >= 11 is 0. The van der Waals surface area contributed by atoms with E-state index in [1.165, 1.54) is 0 Å². The van der Waals surface area contributed by atoms with Gasteiger partial charge in [0.15, 0.2) is 0 Å². The van der Waals surface area contributed by atoms with Crippen molar-refractivity contribution in [1.29, 1.82) is 0 Å². The van der Waals surface area contributed by atoms with Crippen LogP contribution >= 0.6 is 0 Å². The summed E-state index contributed by atoms with van der Waals surface area (Å²) in [6, 6.07) is 0. The summed E-state index contributed by atoms with van der Waals surface area (Å²) in [6.07, 6.45) is 3.51. The lowest BCUT2D eigenvalue weighted by atomic mass is 9.95. The summed E-state index contributed by atoms with van der Waals surface area (Å²) in [5.74, 6) is 0.373. The number of amides is 2. The van der Waals surface area contributed by atoms with Crippen LogP contribution in [-0.4, -0.2) is 53.6 Å². The second kappa shape index (κ2) is 6.02. The Labute approximate surface area is 121 Å². The number of rotatable bonds is 1. The Bertz CT molecular complexity index is 362. The van der Waals surface area contributed by atoms with E-state index < -0.39 is 5.60 Å². The molecule has 0 bridgehead atoms. The van der Waals surface area contributed by atoms with Gasteiger partial charge in [-0.1, -0.05) is 0 Å². The van der Waals surface area contributed by atoms with E-state index in [9.17, 15) is 9.59 Å². The van der Waals surface area contributed by atoms with Gasteiger partial charge in [-0.3, -0.25) is 4.79 Å². The van der Waals surface area contributed by atoms with Gasteiger partial charge in [0, 0.05) is 32.1 Å². The van der Waals surface area contributed by atoms with Gasteiger partial charge >= 0.3 is 6.09 Å². The van der Waals surface area contributed by atoms with Crippen molar-refractivity contribution in [2.75, 3.05) is 26.2 Å². The molecule has 2 heterocycles. The molecule has 2 aliphatic rings. The number of nitrogens with zero attached hydrogens (tertiary/aromatic N) is 2. The van der Waals surface area contributed by atoms with E-state index in [-0.39, 0.29) is 17.9 Å². The number of hydrogen-bond donors (Lipinski definition) is 0. The van der Waals surface area contributed by atoms with Gasteiger partial charge in [0.25, 0.3) is 0 Å². The van der Waals surface area contributed by atoms with Crippen LogP contribution < -0.4 is 0 Å². The minimum absolute atomic E-state index is 0.0896. The molecule has 0 radical (unpaired) electrons. The molecule has 2 amide bonds. The zero-order valence-electron chi connectivity index (χ0n) is 12.9. The third-order valence-corrected chi connectivity index (χ3v) is 3.91. The first-order chi connectivity index (χ1) is 9.37. The summed E-state index contributed by atoms with van der Waals surface area (Å²) in [4.78, 5) is 28.0. The lowest BCUT2D eigenvalue weighted by Crippen LogP contribution is -2.45. The largest absolute Gasteiger partial charge is 0.444 e. The average Bonchev–Trinajstić information content (AvgIpc) is 2.90. The minimum Gasteiger partial charge on any atom is -0.444 e. The SMILES string of the molecule is CC(C)(C)OC(=O)N1CCC(C(=O)N2CCCC2)CC1. The average molecular weight is 282 g/mol. The molecule has 20 heavy (non-hydrogen) atoms. The first-order valence-electron chi connectivity index (χ1n) is 7.63. The lowest BCUT2D eigenvalue weighted by molar-refractivity contribution is -0.136. The fraction of sp³-hybridized carbons (Fsp3) is 0.867. The number of ether oxygens (including phenoxy) is 1. The van der Waals surface area contributed by atoms with Gasteiger partial charge in [0.1, 0.15) is 5.60 Å². The summed E-state index contributed by atoms with van der Waals surface area (Å²) < 4.78 is 5.36. The van der Waals surface area contributed by atoms with Crippen LogP contribution in [0.4, 0.5) is 4.79 Å². The van der Waals surface area contributed by atoms with Crippen LogP contribution in [0.15, 0.2) is 0 Å². The maximum atomic E-state index is 12.3. The first kappa shape index (κ1) is 15.1. The molecule has 0 aromatic carbocycles. The zero-order chi connectivity index (χ0) is 14.8. The number of carbonyl (C=O) groups excluding carboxylic acids is 2. The fourth-order valence-electron chi connectivity index (χ4n) is 2.83. The van der Waals surface area contributed by atoms with Crippen LogP contribution in [0.5, 0.6) is 0 Å². The van der Waals surface area contributed by atoms with E-state index >= 15 is 0 Å².